The Morgan fingerprint density at radius 2 is 1.92 bits per heavy atom. The SMILES string of the molecule is C=CC1OC(=O)N(C(=O)c2ccccc2)C1CO[Si](C)(C)C(C)(C)C. The normalized spacial score (nSPS) is 21.2. The number of hydrogen-bond donors (Lipinski definition) is 0. The van der Waals surface area contributed by atoms with E-state index in [1.165, 1.54) is 0 Å². The molecule has 1 aliphatic heterocycles. The van der Waals surface area contributed by atoms with Crippen molar-refractivity contribution >= 4 is 20.3 Å². The van der Waals surface area contributed by atoms with Crippen LogP contribution in [0.4, 0.5) is 4.79 Å². The van der Waals surface area contributed by atoms with Gasteiger partial charge in [0.15, 0.2) is 8.32 Å². The van der Waals surface area contributed by atoms with Crippen LogP contribution in [-0.2, 0) is 9.16 Å². The number of hydrogen-bond acceptors (Lipinski definition) is 4. The maximum atomic E-state index is 12.8. The molecule has 2 unspecified atom stereocenters. The Morgan fingerprint density at radius 3 is 2.44 bits per heavy atom. The topological polar surface area (TPSA) is 55.8 Å². The molecule has 25 heavy (non-hydrogen) atoms. The fourth-order valence-corrected chi connectivity index (χ4v) is 3.39. The highest BCUT2D eigenvalue weighted by atomic mass is 28.4. The summed E-state index contributed by atoms with van der Waals surface area (Å²) in [7, 11) is -2.02. The fraction of sp³-hybridized carbons (Fsp3) is 0.474. The lowest BCUT2D eigenvalue weighted by Gasteiger charge is -2.37. The Morgan fingerprint density at radius 1 is 1.32 bits per heavy atom. The van der Waals surface area contributed by atoms with Crippen LogP contribution in [0.1, 0.15) is 31.1 Å². The summed E-state index contributed by atoms with van der Waals surface area (Å²) in [6, 6.07) is 8.21. The number of rotatable bonds is 5. The highest BCUT2D eigenvalue weighted by molar-refractivity contribution is 6.74. The summed E-state index contributed by atoms with van der Waals surface area (Å²) < 4.78 is 11.6. The smallest absolute Gasteiger partial charge is 0.417 e. The van der Waals surface area contributed by atoms with Gasteiger partial charge in [-0.25, -0.2) is 9.69 Å². The molecule has 136 valence electrons. The fourth-order valence-electron chi connectivity index (χ4n) is 2.37. The first kappa shape index (κ1) is 19.4. The van der Waals surface area contributed by atoms with Crippen molar-refractivity contribution in [3.8, 4) is 0 Å². The second-order valence-electron chi connectivity index (χ2n) is 7.76. The van der Waals surface area contributed by atoms with E-state index in [1.807, 2.05) is 6.07 Å². The van der Waals surface area contributed by atoms with Crippen LogP contribution in [0, 0.1) is 0 Å². The van der Waals surface area contributed by atoms with Crippen molar-refractivity contribution in [3.63, 3.8) is 0 Å². The van der Waals surface area contributed by atoms with E-state index in [1.54, 1.807) is 30.3 Å². The second kappa shape index (κ2) is 7.13. The molecule has 2 atom stereocenters. The summed E-state index contributed by atoms with van der Waals surface area (Å²) in [5, 5.41) is 0.0361. The monoisotopic (exact) mass is 361 g/mol. The Balaban J connectivity index is 2.24. The van der Waals surface area contributed by atoms with Gasteiger partial charge in [-0.05, 0) is 36.3 Å². The third kappa shape index (κ3) is 4.02. The lowest BCUT2D eigenvalue weighted by atomic mass is 10.1. The number of carbonyl (C=O) groups is 2. The molecule has 1 aliphatic rings. The number of cyclic esters (lactones) is 1. The molecule has 0 saturated carbocycles. The maximum Gasteiger partial charge on any atom is 0.417 e. The molecule has 0 radical (unpaired) electrons. The van der Waals surface area contributed by atoms with Crippen molar-refractivity contribution < 1.29 is 18.8 Å². The van der Waals surface area contributed by atoms with Gasteiger partial charge in [0.2, 0.25) is 0 Å². The first-order valence-corrected chi connectivity index (χ1v) is 11.3. The predicted molar refractivity (Wildman–Crippen MR) is 100 cm³/mol. The molecule has 0 aliphatic carbocycles. The Bertz CT molecular complexity index is 651. The van der Waals surface area contributed by atoms with Crippen LogP contribution in [0.25, 0.3) is 0 Å². The molecule has 0 N–H and O–H groups in total. The first-order valence-electron chi connectivity index (χ1n) is 8.44. The molecule has 1 aromatic carbocycles. The molecule has 1 aromatic rings. The molecule has 2 amide bonds. The van der Waals surface area contributed by atoms with Crippen LogP contribution in [0.2, 0.25) is 18.1 Å². The van der Waals surface area contributed by atoms with Crippen molar-refractivity contribution in [2.75, 3.05) is 6.61 Å². The Hall–Kier alpha value is -1.92. The van der Waals surface area contributed by atoms with Crippen LogP contribution < -0.4 is 0 Å². The molecule has 1 fully saturated rings. The highest BCUT2D eigenvalue weighted by Gasteiger charge is 2.46. The van der Waals surface area contributed by atoms with Crippen LogP contribution >= 0.6 is 0 Å². The van der Waals surface area contributed by atoms with Gasteiger partial charge in [-0.1, -0.05) is 45.5 Å². The predicted octanol–water partition coefficient (Wildman–Crippen LogP) is 4.22. The number of imide groups is 1. The number of carbonyl (C=O) groups excluding carboxylic acids is 2. The van der Waals surface area contributed by atoms with Gasteiger partial charge in [-0.3, -0.25) is 4.79 Å². The van der Waals surface area contributed by atoms with Gasteiger partial charge in [0.1, 0.15) is 12.1 Å². The maximum absolute atomic E-state index is 12.8. The van der Waals surface area contributed by atoms with Gasteiger partial charge in [0, 0.05) is 5.56 Å². The minimum Gasteiger partial charge on any atom is -0.439 e. The Labute approximate surface area is 150 Å². The zero-order valence-corrected chi connectivity index (χ0v) is 16.6. The number of ether oxygens (including phenoxy) is 1. The highest BCUT2D eigenvalue weighted by Crippen LogP contribution is 2.37. The van der Waals surface area contributed by atoms with E-state index >= 15 is 0 Å². The molecule has 1 heterocycles. The minimum atomic E-state index is -2.02. The van der Waals surface area contributed by atoms with E-state index in [0.717, 1.165) is 4.90 Å². The average Bonchev–Trinajstić information content (AvgIpc) is 2.87. The van der Waals surface area contributed by atoms with E-state index in [2.05, 4.69) is 40.4 Å². The standard InChI is InChI=1S/C19H27NO4Si/c1-7-16-15(13-23-25(5,6)19(2,3)4)20(18(22)24-16)17(21)14-11-9-8-10-12-14/h7-12,15-16H,1,13H2,2-6H3. The van der Waals surface area contributed by atoms with E-state index in [-0.39, 0.29) is 17.6 Å². The quantitative estimate of drug-likeness (QED) is 0.582. The van der Waals surface area contributed by atoms with Gasteiger partial charge in [0.05, 0.1) is 6.61 Å². The van der Waals surface area contributed by atoms with E-state index in [4.69, 9.17) is 9.16 Å². The van der Waals surface area contributed by atoms with E-state index in [0.29, 0.717) is 5.56 Å². The molecule has 0 spiro atoms. The summed E-state index contributed by atoms with van der Waals surface area (Å²) in [6.45, 7) is 14.7. The number of benzene rings is 1. The zero-order valence-electron chi connectivity index (χ0n) is 15.6. The molecule has 6 heteroatoms. The molecule has 1 saturated heterocycles. The van der Waals surface area contributed by atoms with Crippen LogP contribution in [0.15, 0.2) is 43.0 Å². The number of amides is 2. The second-order valence-corrected chi connectivity index (χ2v) is 12.6. The largest absolute Gasteiger partial charge is 0.439 e. The van der Waals surface area contributed by atoms with E-state index < -0.39 is 26.6 Å². The summed E-state index contributed by atoms with van der Waals surface area (Å²) >= 11 is 0. The molecular formula is C19H27NO4Si. The van der Waals surface area contributed by atoms with Crippen molar-refractivity contribution in [2.24, 2.45) is 0 Å². The van der Waals surface area contributed by atoms with Crippen LogP contribution in [-0.4, -0.2) is 44.0 Å². The van der Waals surface area contributed by atoms with Crippen molar-refractivity contribution in [1.82, 2.24) is 4.90 Å². The minimum absolute atomic E-state index is 0.0361. The molecular weight excluding hydrogens is 334 g/mol. The van der Waals surface area contributed by atoms with Gasteiger partial charge >= 0.3 is 6.09 Å². The Kier molecular flexibility index (Phi) is 5.54. The van der Waals surface area contributed by atoms with Crippen molar-refractivity contribution in [2.45, 2.75) is 51.0 Å². The average molecular weight is 362 g/mol. The van der Waals surface area contributed by atoms with Crippen LogP contribution in [0.3, 0.4) is 0 Å². The molecule has 0 bridgehead atoms. The van der Waals surface area contributed by atoms with Crippen molar-refractivity contribution in [3.05, 3.63) is 48.6 Å². The zero-order chi connectivity index (χ0) is 18.8. The van der Waals surface area contributed by atoms with Crippen molar-refractivity contribution in [1.29, 1.82) is 0 Å². The first-order chi connectivity index (χ1) is 11.6. The van der Waals surface area contributed by atoms with Gasteiger partial charge in [0.25, 0.3) is 5.91 Å². The molecule has 5 nitrogen and oxygen atoms in total. The van der Waals surface area contributed by atoms with Gasteiger partial charge in [-0.15, -0.1) is 0 Å². The lowest BCUT2D eigenvalue weighted by Crippen LogP contribution is -2.48. The third-order valence-electron chi connectivity index (χ3n) is 5.04. The summed E-state index contributed by atoms with van der Waals surface area (Å²) in [5.74, 6) is -0.376. The van der Waals surface area contributed by atoms with Crippen LogP contribution in [0.5, 0.6) is 0 Å². The van der Waals surface area contributed by atoms with Gasteiger partial charge < -0.3 is 9.16 Å². The van der Waals surface area contributed by atoms with E-state index in [9.17, 15) is 9.59 Å². The number of nitrogens with zero attached hydrogens (tertiary/aromatic N) is 1. The molecule has 0 aromatic heterocycles. The summed E-state index contributed by atoms with van der Waals surface area (Å²) in [4.78, 5) is 26.2. The lowest BCUT2D eigenvalue weighted by molar-refractivity contribution is 0.0733. The summed E-state index contributed by atoms with van der Waals surface area (Å²) in [5.41, 5.74) is 0.446. The van der Waals surface area contributed by atoms with Gasteiger partial charge in [-0.2, -0.15) is 0 Å². The summed E-state index contributed by atoms with van der Waals surface area (Å²) in [6.07, 6.45) is 0.336. The molecule has 2 rings (SSSR count). The third-order valence-corrected chi connectivity index (χ3v) is 9.54.